The number of anilines is 1. The van der Waals surface area contributed by atoms with Crippen LogP contribution in [0.15, 0.2) is 78.0 Å². The first-order chi connectivity index (χ1) is 14.5. The number of oxime groups is 1. The van der Waals surface area contributed by atoms with E-state index >= 15 is 0 Å². The molecule has 5 heteroatoms. The molecule has 0 saturated heterocycles. The standard InChI is InChI=1S/C25H20N2O3/c1-15-7-11-17(12-8-15)22-21(23(28)18-13-9-16(2)10-14-18)25(30-27-22)19-5-3-4-6-20(19)26-24(25)29/h3-14,21H,1-2H3,(H,26,29)/t21-,25-/m0/s1. The molecule has 5 rings (SSSR count). The van der Waals surface area contributed by atoms with Gasteiger partial charge in [-0.05, 0) is 19.9 Å². The summed E-state index contributed by atoms with van der Waals surface area (Å²) in [4.78, 5) is 32.9. The Bertz CT molecular complexity index is 1200. The summed E-state index contributed by atoms with van der Waals surface area (Å²) in [5.74, 6) is -1.47. The number of Topliss-reactive ketones (excluding diaryl/α,β-unsaturated/α-hetero) is 1. The lowest BCUT2D eigenvalue weighted by Crippen LogP contribution is -2.46. The van der Waals surface area contributed by atoms with Crippen LogP contribution in [0.25, 0.3) is 0 Å². The molecule has 1 N–H and O–H groups in total. The van der Waals surface area contributed by atoms with E-state index in [0.29, 0.717) is 22.5 Å². The molecule has 0 radical (unpaired) electrons. The first-order valence-corrected chi connectivity index (χ1v) is 9.85. The van der Waals surface area contributed by atoms with Crippen LogP contribution in [0.4, 0.5) is 5.69 Å². The Kier molecular flexibility index (Phi) is 4.07. The zero-order chi connectivity index (χ0) is 20.9. The van der Waals surface area contributed by atoms with Crippen molar-refractivity contribution in [1.82, 2.24) is 0 Å². The molecule has 2 heterocycles. The number of nitrogens with one attached hydrogen (secondary N) is 1. The Balaban J connectivity index is 1.69. The molecule has 0 aromatic heterocycles. The van der Waals surface area contributed by atoms with E-state index < -0.39 is 11.5 Å². The van der Waals surface area contributed by atoms with Gasteiger partial charge in [-0.15, -0.1) is 0 Å². The smallest absolute Gasteiger partial charge is 0.277 e. The normalized spacial score (nSPS) is 21.7. The van der Waals surface area contributed by atoms with Gasteiger partial charge >= 0.3 is 0 Å². The van der Waals surface area contributed by atoms with Crippen LogP contribution in [0, 0.1) is 19.8 Å². The molecular weight excluding hydrogens is 376 g/mol. The Hall–Kier alpha value is -3.73. The van der Waals surface area contributed by atoms with Gasteiger partial charge in [0.1, 0.15) is 11.6 Å². The lowest BCUT2D eigenvalue weighted by Gasteiger charge is -2.26. The molecule has 148 valence electrons. The van der Waals surface area contributed by atoms with Gasteiger partial charge in [-0.2, -0.15) is 0 Å². The minimum atomic E-state index is -1.52. The van der Waals surface area contributed by atoms with Crippen molar-refractivity contribution < 1.29 is 14.4 Å². The van der Waals surface area contributed by atoms with E-state index in [-0.39, 0.29) is 11.7 Å². The van der Waals surface area contributed by atoms with E-state index in [1.165, 1.54) is 0 Å². The van der Waals surface area contributed by atoms with Crippen LogP contribution in [0.3, 0.4) is 0 Å². The molecule has 0 saturated carbocycles. The fourth-order valence-electron chi connectivity index (χ4n) is 4.19. The summed E-state index contributed by atoms with van der Waals surface area (Å²) in [6, 6.07) is 22.4. The Morgan fingerprint density at radius 1 is 0.933 bits per heavy atom. The molecule has 30 heavy (non-hydrogen) atoms. The van der Waals surface area contributed by atoms with Gasteiger partial charge < -0.3 is 10.2 Å². The average Bonchev–Trinajstić information content (AvgIpc) is 3.28. The first-order valence-electron chi connectivity index (χ1n) is 9.85. The number of aryl methyl sites for hydroxylation is 2. The van der Waals surface area contributed by atoms with Crippen molar-refractivity contribution in [3.63, 3.8) is 0 Å². The molecule has 0 unspecified atom stereocenters. The number of nitrogens with zero attached hydrogens (tertiary/aromatic N) is 1. The van der Waals surface area contributed by atoms with Gasteiger partial charge in [0.2, 0.25) is 0 Å². The summed E-state index contributed by atoms with van der Waals surface area (Å²) in [5.41, 5.74) is 3.66. The highest BCUT2D eigenvalue weighted by Gasteiger charge is 2.63. The molecule has 1 spiro atoms. The molecule has 3 aromatic rings. The second-order valence-corrected chi connectivity index (χ2v) is 7.83. The maximum absolute atomic E-state index is 13.8. The average molecular weight is 396 g/mol. The predicted octanol–water partition coefficient (Wildman–Crippen LogP) is 4.38. The van der Waals surface area contributed by atoms with Crippen molar-refractivity contribution >= 4 is 23.1 Å². The molecule has 0 bridgehead atoms. The Labute approximate surface area is 174 Å². The van der Waals surface area contributed by atoms with Crippen LogP contribution in [0.1, 0.15) is 32.6 Å². The SMILES string of the molecule is Cc1ccc(C(=O)[C@@H]2C(c3ccc(C)cc3)=NO[C@]23C(=O)Nc2ccccc23)cc1. The topological polar surface area (TPSA) is 67.8 Å². The third-order valence-corrected chi connectivity index (χ3v) is 5.83. The summed E-state index contributed by atoms with van der Waals surface area (Å²) in [6.45, 7) is 3.96. The fraction of sp³-hybridized carbons (Fsp3) is 0.160. The first kappa shape index (κ1) is 18.3. The van der Waals surface area contributed by atoms with Crippen molar-refractivity contribution in [2.24, 2.45) is 11.1 Å². The van der Waals surface area contributed by atoms with E-state index in [1.54, 1.807) is 12.1 Å². The van der Waals surface area contributed by atoms with Gasteiger partial charge in [0, 0.05) is 22.4 Å². The summed E-state index contributed by atoms with van der Waals surface area (Å²) in [6.07, 6.45) is 0. The second kappa shape index (κ2) is 6.66. The van der Waals surface area contributed by atoms with Gasteiger partial charge in [-0.3, -0.25) is 9.59 Å². The maximum atomic E-state index is 13.8. The number of carbonyl (C=O) groups excluding carboxylic acids is 2. The third kappa shape index (κ3) is 2.59. The maximum Gasteiger partial charge on any atom is 0.277 e. The Morgan fingerprint density at radius 3 is 2.27 bits per heavy atom. The van der Waals surface area contributed by atoms with Crippen LogP contribution in [-0.4, -0.2) is 17.4 Å². The summed E-state index contributed by atoms with van der Waals surface area (Å²) in [5, 5.41) is 7.17. The van der Waals surface area contributed by atoms with Crippen LogP contribution in [0.5, 0.6) is 0 Å². The van der Waals surface area contributed by atoms with Crippen LogP contribution < -0.4 is 5.32 Å². The van der Waals surface area contributed by atoms with E-state index in [1.807, 2.05) is 74.5 Å². The molecule has 0 aliphatic carbocycles. The number of benzene rings is 3. The van der Waals surface area contributed by atoms with E-state index in [9.17, 15) is 9.59 Å². The molecule has 1 amide bonds. The van der Waals surface area contributed by atoms with Crippen molar-refractivity contribution in [1.29, 1.82) is 0 Å². The lowest BCUT2D eigenvalue weighted by molar-refractivity contribution is -0.140. The number of rotatable bonds is 3. The number of hydrogen-bond acceptors (Lipinski definition) is 4. The zero-order valence-electron chi connectivity index (χ0n) is 16.7. The number of para-hydroxylation sites is 1. The fourth-order valence-corrected chi connectivity index (χ4v) is 4.19. The largest absolute Gasteiger partial charge is 0.373 e. The monoisotopic (exact) mass is 396 g/mol. The van der Waals surface area contributed by atoms with Crippen molar-refractivity contribution in [3.8, 4) is 0 Å². The highest BCUT2D eigenvalue weighted by Crippen LogP contribution is 2.49. The number of amides is 1. The number of fused-ring (bicyclic) bond motifs is 2. The Morgan fingerprint density at radius 2 is 1.57 bits per heavy atom. The lowest BCUT2D eigenvalue weighted by atomic mass is 9.74. The zero-order valence-corrected chi connectivity index (χ0v) is 16.7. The molecule has 2 aliphatic rings. The number of hydrogen-bond donors (Lipinski definition) is 1. The highest BCUT2D eigenvalue weighted by molar-refractivity contribution is 6.24. The summed E-state index contributed by atoms with van der Waals surface area (Å²) >= 11 is 0. The molecule has 3 aromatic carbocycles. The number of carbonyl (C=O) groups is 2. The van der Waals surface area contributed by atoms with Crippen LogP contribution in [-0.2, 0) is 15.2 Å². The van der Waals surface area contributed by atoms with Crippen LogP contribution in [0.2, 0.25) is 0 Å². The quantitative estimate of drug-likeness (QED) is 0.668. The van der Waals surface area contributed by atoms with Gasteiger partial charge in [-0.1, -0.05) is 83.0 Å². The van der Waals surface area contributed by atoms with Gasteiger partial charge in [0.05, 0.1) is 0 Å². The number of ketones is 1. The van der Waals surface area contributed by atoms with Crippen molar-refractivity contribution in [2.45, 2.75) is 19.4 Å². The van der Waals surface area contributed by atoms with Crippen molar-refractivity contribution in [3.05, 3.63) is 101 Å². The van der Waals surface area contributed by atoms with Crippen LogP contribution >= 0.6 is 0 Å². The van der Waals surface area contributed by atoms with Crippen molar-refractivity contribution in [2.75, 3.05) is 5.32 Å². The minimum absolute atomic E-state index is 0.196. The van der Waals surface area contributed by atoms with E-state index in [4.69, 9.17) is 4.84 Å². The molecule has 5 nitrogen and oxygen atoms in total. The molecule has 2 atom stereocenters. The third-order valence-electron chi connectivity index (χ3n) is 5.83. The van der Waals surface area contributed by atoms with E-state index in [2.05, 4.69) is 10.5 Å². The second-order valence-electron chi connectivity index (χ2n) is 7.83. The highest BCUT2D eigenvalue weighted by atomic mass is 16.7. The van der Waals surface area contributed by atoms with Gasteiger partial charge in [0.25, 0.3) is 11.5 Å². The van der Waals surface area contributed by atoms with Gasteiger partial charge in [0.15, 0.2) is 5.78 Å². The van der Waals surface area contributed by atoms with Gasteiger partial charge in [-0.25, -0.2) is 0 Å². The predicted molar refractivity (Wildman–Crippen MR) is 115 cm³/mol. The summed E-state index contributed by atoms with van der Waals surface area (Å²) in [7, 11) is 0. The minimum Gasteiger partial charge on any atom is -0.373 e. The van der Waals surface area contributed by atoms with E-state index in [0.717, 1.165) is 16.7 Å². The molecular formula is C25H20N2O3. The molecule has 2 aliphatic heterocycles. The molecule has 0 fully saturated rings. The summed E-state index contributed by atoms with van der Waals surface area (Å²) < 4.78 is 0.